The van der Waals surface area contributed by atoms with Gasteiger partial charge in [0.2, 0.25) is 10.9 Å². The topological polar surface area (TPSA) is 118 Å². The van der Waals surface area contributed by atoms with Gasteiger partial charge in [0.05, 0.1) is 39.6 Å². The van der Waals surface area contributed by atoms with Gasteiger partial charge in [0.15, 0.2) is 23.0 Å². The maximum absolute atomic E-state index is 13.5. The number of ether oxygens (including phenoxy) is 4. The smallest absolute Gasteiger partial charge is 0.204 e. The standard InChI is InChI=1S/C28H22O9/c1-32-18-7-5-14(9-20(18)34-3)16-12-36-22-11-23-25(28(31)24(22)26(16)29)27(30)17(13-37-23)15-6-8-19(33-2)21(10-15)35-4/h5-13,31H,1-4H3. The summed E-state index contributed by atoms with van der Waals surface area (Å²) in [5.74, 6) is 1.29. The molecule has 9 nitrogen and oxygen atoms in total. The lowest BCUT2D eigenvalue weighted by Gasteiger charge is -2.11. The molecule has 0 aliphatic rings. The molecule has 0 aliphatic carbocycles. The number of methoxy groups -OCH3 is 4. The van der Waals surface area contributed by atoms with E-state index in [0.717, 1.165) is 0 Å². The predicted octanol–water partition coefficient (Wildman–Crippen LogP) is 4.97. The molecule has 0 radical (unpaired) electrons. The van der Waals surface area contributed by atoms with Crippen LogP contribution in [0.5, 0.6) is 28.7 Å². The molecule has 0 fully saturated rings. The molecule has 0 amide bonds. The third-order valence-corrected chi connectivity index (χ3v) is 6.17. The number of fused-ring (bicyclic) bond motifs is 2. The number of hydrogen-bond acceptors (Lipinski definition) is 9. The van der Waals surface area contributed by atoms with Gasteiger partial charge in [-0.25, -0.2) is 0 Å². The summed E-state index contributed by atoms with van der Waals surface area (Å²) in [5.41, 5.74) is 0.403. The Balaban J connectivity index is 1.74. The summed E-state index contributed by atoms with van der Waals surface area (Å²) in [6, 6.07) is 11.3. The van der Waals surface area contributed by atoms with E-state index in [1.807, 2.05) is 0 Å². The fourth-order valence-corrected chi connectivity index (χ4v) is 4.27. The second-order valence-electron chi connectivity index (χ2n) is 8.07. The first-order valence-corrected chi connectivity index (χ1v) is 11.1. The quantitative estimate of drug-likeness (QED) is 0.321. The van der Waals surface area contributed by atoms with Gasteiger partial charge in [-0.05, 0) is 35.4 Å². The summed E-state index contributed by atoms with van der Waals surface area (Å²) in [6.07, 6.45) is 2.57. The number of phenols is 1. The van der Waals surface area contributed by atoms with Crippen LogP contribution in [0.15, 0.2) is 73.4 Å². The van der Waals surface area contributed by atoms with E-state index in [1.54, 1.807) is 36.4 Å². The number of phenolic OH excluding ortho intramolecular Hbond substituents is 1. The maximum atomic E-state index is 13.5. The summed E-state index contributed by atoms with van der Waals surface area (Å²) < 4.78 is 32.5. The minimum absolute atomic E-state index is 0.0706. The molecular weight excluding hydrogens is 480 g/mol. The Bertz CT molecular complexity index is 1650. The zero-order chi connectivity index (χ0) is 26.3. The van der Waals surface area contributed by atoms with Crippen LogP contribution in [0.4, 0.5) is 0 Å². The van der Waals surface area contributed by atoms with Crippen molar-refractivity contribution < 1.29 is 32.9 Å². The maximum Gasteiger partial charge on any atom is 0.204 e. The van der Waals surface area contributed by atoms with Gasteiger partial charge in [0.25, 0.3) is 0 Å². The fraction of sp³-hybridized carbons (Fsp3) is 0.143. The number of hydrogen-bond donors (Lipinski definition) is 1. The van der Waals surface area contributed by atoms with Gasteiger partial charge < -0.3 is 32.9 Å². The Morgan fingerprint density at radius 3 is 1.38 bits per heavy atom. The van der Waals surface area contributed by atoms with Crippen LogP contribution in [0, 0.1) is 0 Å². The van der Waals surface area contributed by atoms with E-state index in [1.165, 1.54) is 47.0 Å². The van der Waals surface area contributed by atoms with Crippen molar-refractivity contribution in [3.63, 3.8) is 0 Å². The Morgan fingerprint density at radius 2 is 1.00 bits per heavy atom. The molecule has 2 aromatic heterocycles. The highest BCUT2D eigenvalue weighted by molar-refractivity contribution is 6.02. The van der Waals surface area contributed by atoms with E-state index in [0.29, 0.717) is 34.1 Å². The van der Waals surface area contributed by atoms with Crippen LogP contribution >= 0.6 is 0 Å². The van der Waals surface area contributed by atoms with E-state index >= 15 is 0 Å². The van der Waals surface area contributed by atoms with Crippen molar-refractivity contribution in [1.29, 1.82) is 0 Å². The van der Waals surface area contributed by atoms with Crippen molar-refractivity contribution in [1.82, 2.24) is 0 Å². The Labute approximate surface area is 210 Å². The van der Waals surface area contributed by atoms with Gasteiger partial charge in [0, 0.05) is 6.07 Å². The van der Waals surface area contributed by atoms with Crippen molar-refractivity contribution in [2.24, 2.45) is 0 Å². The van der Waals surface area contributed by atoms with Crippen molar-refractivity contribution >= 4 is 21.9 Å². The van der Waals surface area contributed by atoms with Crippen LogP contribution < -0.4 is 29.8 Å². The molecule has 9 heteroatoms. The molecule has 0 unspecified atom stereocenters. The molecule has 37 heavy (non-hydrogen) atoms. The normalized spacial score (nSPS) is 11.0. The van der Waals surface area contributed by atoms with Crippen molar-refractivity contribution in [2.45, 2.75) is 0 Å². The molecule has 0 saturated heterocycles. The summed E-state index contributed by atoms with van der Waals surface area (Å²) >= 11 is 0. The summed E-state index contributed by atoms with van der Waals surface area (Å²) in [4.78, 5) is 27.0. The fourth-order valence-electron chi connectivity index (χ4n) is 4.27. The van der Waals surface area contributed by atoms with Crippen LogP contribution in [0.1, 0.15) is 0 Å². The molecule has 0 spiro atoms. The molecule has 0 atom stereocenters. The van der Waals surface area contributed by atoms with Crippen LogP contribution in [0.3, 0.4) is 0 Å². The van der Waals surface area contributed by atoms with Gasteiger partial charge >= 0.3 is 0 Å². The molecule has 0 aliphatic heterocycles. The summed E-state index contributed by atoms with van der Waals surface area (Å²) in [7, 11) is 5.98. The molecule has 5 rings (SSSR count). The first-order valence-electron chi connectivity index (χ1n) is 11.1. The van der Waals surface area contributed by atoms with Crippen LogP contribution in [-0.4, -0.2) is 33.5 Å². The molecular formula is C28H22O9. The van der Waals surface area contributed by atoms with Crippen molar-refractivity contribution in [2.75, 3.05) is 28.4 Å². The van der Waals surface area contributed by atoms with Gasteiger partial charge in [-0.1, -0.05) is 12.1 Å². The van der Waals surface area contributed by atoms with Gasteiger partial charge in [0.1, 0.15) is 40.2 Å². The van der Waals surface area contributed by atoms with E-state index < -0.39 is 16.6 Å². The summed E-state index contributed by atoms with van der Waals surface area (Å²) in [5, 5.41) is 10.9. The van der Waals surface area contributed by atoms with Crippen LogP contribution in [-0.2, 0) is 0 Å². The Kier molecular flexibility index (Phi) is 5.96. The summed E-state index contributed by atoms with van der Waals surface area (Å²) in [6.45, 7) is 0. The molecule has 5 aromatic rings. The van der Waals surface area contributed by atoms with Crippen LogP contribution in [0.25, 0.3) is 44.2 Å². The third-order valence-electron chi connectivity index (χ3n) is 6.17. The third kappa shape index (κ3) is 3.81. The largest absolute Gasteiger partial charge is 0.506 e. The van der Waals surface area contributed by atoms with Crippen molar-refractivity contribution in [3.8, 4) is 51.0 Å². The first-order chi connectivity index (χ1) is 17.9. The second-order valence-corrected chi connectivity index (χ2v) is 8.07. The van der Waals surface area contributed by atoms with E-state index in [9.17, 15) is 14.7 Å². The lowest BCUT2D eigenvalue weighted by molar-refractivity contribution is 0.355. The van der Waals surface area contributed by atoms with Gasteiger partial charge in [-0.15, -0.1) is 0 Å². The molecule has 2 heterocycles. The van der Waals surface area contributed by atoms with E-state index in [2.05, 4.69) is 0 Å². The van der Waals surface area contributed by atoms with Gasteiger partial charge in [-0.3, -0.25) is 9.59 Å². The van der Waals surface area contributed by atoms with Crippen molar-refractivity contribution in [3.05, 3.63) is 75.4 Å². The predicted molar refractivity (Wildman–Crippen MR) is 137 cm³/mol. The second kappa shape index (κ2) is 9.27. The first kappa shape index (κ1) is 23.8. The number of aromatic hydroxyl groups is 1. The van der Waals surface area contributed by atoms with Crippen LogP contribution in [0.2, 0.25) is 0 Å². The Hall–Kier alpha value is -4.92. The van der Waals surface area contributed by atoms with Gasteiger partial charge in [-0.2, -0.15) is 0 Å². The molecule has 0 saturated carbocycles. The SMILES string of the molecule is COc1ccc(-c2coc3cc4occ(-c5ccc(OC)c(OC)c5)c(=O)c4c(O)c3c2=O)cc1OC. The molecule has 1 N–H and O–H groups in total. The lowest BCUT2D eigenvalue weighted by Crippen LogP contribution is -2.09. The zero-order valence-electron chi connectivity index (χ0n) is 20.4. The average Bonchev–Trinajstić information content (AvgIpc) is 2.92. The minimum atomic E-state index is -0.528. The highest BCUT2D eigenvalue weighted by Gasteiger charge is 2.21. The minimum Gasteiger partial charge on any atom is -0.506 e. The monoisotopic (exact) mass is 502 g/mol. The lowest BCUT2D eigenvalue weighted by atomic mass is 10.0. The average molecular weight is 502 g/mol. The molecule has 188 valence electrons. The number of benzene rings is 3. The number of rotatable bonds is 6. The van der Waals surface area contributed by atoms with E-state index in [-0.39, 0.29) is 33.1 Å². The molecule has 3 aromatic carbocycles. The highest BCUT2D eigenvalue weighted by atomic mass is 16.5. The molecule has 0 bridgehead atoms. The highest BCUT2D eigenvalue weighted by Crippen LogP contribution is 2.36. The zero-order valence-corrected chi connectivity index (χ0v) is 20.4. The Morgan fingerprint density at radius 1 is 0.595 bits per heavy atom. The van der Waals surface area contributed by atoms with E-state index in [4.69, 9.17) is 27.8 Å².